The Hall–Kier alpha value is -4.00. The Labute approximate surface area is 259 Å². The second kappa shape index (κ2) is 13.3. The number of unbranched alkanes of at least 4 members (excludes halogenated alkanes) is 1. The fraction of sp³-hybridized carbons (Fsp3) is 0.516. The van der Waals surface area contributed by atoms with Crippen LogP contribution in [0.2, 0.25) is 0 Å². The number of benzene rings is 1. The van der Waals surface area contributed by atoms with Gasteiger partial charge in [-0.3, -0.25) is 14.3 Å². The van der Waals surface area contributed by atoms with Gasteiger partial charge < -0.3 is 14.4 Å². The standard InChI is InChI=1S/C31H42N6O6S/c1-8-42-27(38)14-9-10-15-37-22(18-31(4,5)6)19-43-25-16-23(28-20(2)12-11-13-21(28)3)32-30(33-25)35-44(40,41)26-17-24(29(37)39)36(7)34-26/h11-13,16-17,22H,8-10,14-15,18-19H2,1-7H3,(H,32,33,35)/t22-/m1/s1. The first-order chi connectivity index (χ1) is 20.7. The highest BCUT2D eigenvalue weighted by Gasteiger charge is 2.33. The third-order valence-electron chi connectivity index (χ3n) is 7.33. The van der Waals surface area contributed by atoms with E-state index in [1.807, 2.05) is 32.0 Å². The maximum Gasteiger partial charge on any atom is 0.305 e. The number of rotatable bonds is 8. The van der Waals surface area contributed by atoms with E-state index in [-0.39, 0.29) is 52.9 Å². The molecular formula is C31H42N6O6S. The van der Waals surface area contributed by atoms with E-state index in [9.17, 15) is 18.0 Å². The molecule has 1 aromatic carbocycles. The minimum Gasteiger partial charge on any atom is -0.475 e. The average Bonchev–Trinajstić information content (AvgIpc) is 3.32. The van der Waals surface area contributed by atoms with Crippen LogP contribution in [0.3, 0.4) is 0 Å². The van der Waals surface area contributed by atoms with Crippen LogP contribution in [0.1, 0.15) is 75.0 Å². The molecule has 1 aliphatic heterocycles. The van der Waals surface area contributed by atoms with Gasteiger partial charge in [-0.2, -0.15) is 18.5 Å². The van der Waals surface area contributed by atoms with Crippen LogP contribution in [0.4, 0.5) is 5.95 Å². The van der Waals surface area contributed by atoms with Crippen molar-refractivity contribution >= 4 is 27.8 Å². The number of hydrogen-bond acceptors (Lipinski definition) is 9. The molecule has 4 bridgehead atoms. The van der Waals surface area contributed by atoms with Gasteiger partial charge in [0, 0.05) is 37.7 Å². The quantitative estimate of drug-likeness (QED) is 0.278. The average molecular weight is 627 g/mol. The SMILES string of the molecule is CCOC(=O)CCCCN1C(=O)c2cc(nn2C)S(=O)(=O)Nc2nc(cc(-c3c(C)cccc3C)n2)OC[C@H]1CC(C)(C)C. The normalized spacial score (nSPS) is 16.7. The number of nitrogens with one attached hydrogen (secondary N) is 1. The molecule has 0 spiro atoms. The van der Waals surface area contributed by atoms with Crippen LogP contribution >= 0.6 is 0 Å². The zero-order chi connectivity index (χ0) is 32.2. The van der Waals surface area contributed by atoms with Gasteiger partial charge in [-0.25, -0.2) is 9.71 Å². The highest BCUT2D eigenvalue weighted by atomic mass is 32.2. The molecule has 13 heteroatoms. The van der Waals surface area contributed by atoms with Crippen LogP contribution in [-0.4, -0.2) is 70.7 Å². The Morgan fingerprint density at radius 2 is 1.84 bits per heavy atom. The highest BCUT2D eigenvalue weighted by molar-refractivity contribution is 7.92. The van der Waals surface area contributed by atoms with Crippen molar-refractivity contribution in [3.05, 3.63) is 47.2 Å². The molecule has 0 fully saturated rings. The fourth-order valence-corrected chi connectivity index (χ4v) is 6.30. The first kappa shape index (κ1) is 32.9. The summed E-state index contributed by atoms with van der Waals surface area (Å²) in [6.07, 6.45) is 1.87. The van der Waals surface area contributed by atoms with Crippen molar-refractivity contribution in [3.63, 3.8) is 0 Å². The van der Waals surface area contributed by atoms with Crippen LogP contribution < -0.4 is 9.46 Å². The fourth-order valence-electron chi connectivity index (χ4n) is 5.37. The summed E-state index contributed by atoms with van der Waals surface area (Å²) in [5.41, 5.74) is 3.18. The Morgan fingerprint density at radius 3 is 2.50 bits per heavy atom. The Bertz CT molecular complexity index is 1610. The minimum absolute atomic E-state index is 0.0982. The molecule has 1 atom stereocenters. The van der Waals surface area contributed by atoms with Crippen molar-refractivity contribution in [2.24, 2.45) is 12.5 Å². The van der Waals surface area contributed by atoms with E-state index in [0.717, 1.165) is 16.7 Å². The van der Waals surface area contributed by atoms with Crippen LogP contribution in [0.25, 0.3) is 11.3 Å². The summed E-state index contributed by atoms with van der Waals surface area (Å²) < 4.78 is 41.9. The molecule has 4 rings (SSSR count). The van der Waals surface area contributed by atoms with E-state index >= 15 is 0 Å². The number of nitrogens with zero attached hydrogens (tertiary/aromatic N) is 5. The number of esters is 1. The van der Waals surface area contributed by atoms with Gasteiger partial charge in [0.05, 0.1) is 18.3 Å². The molecule has 1 N–H and O–H groups in total. The lowest BCUT2D eigenvalue weighted by molar-refractivity contribution is -0.143. The molecule has 1 amide bonds. The number of sulfonamides is 1. The van der Waals surface area contributed by atoms with Gasteiger partial charge in [0.25, 0.3) is 15.9 Å². The first-order valence-corrected chi connectivity index (χ1v) is 16.3. The predicted molar refractivity (Wildman–Crippen MR) is 166 cm³/mol. The van der Waals surface area contributed by atoms with Gasteiger partial charge in [0.1, 0.15) is 12.3 Å². The van der Waals surface area contributed by atoms with E-state index in [1.54, 1.807) is 17.9 Å². The molecule has 44 heavy (non-hydrogen) atoms. The number of carbonyl (C=O) groups excluding carboxylic acids is 2. The smallest absolute Gasteiger partial charge is 0.305 e. The topological polar surface area (TPSA) is 146 Å². The lowest BCUT2D eigenvalue weighted by Gasteiger charge is -2.35. The largest absolute Gasteiger partial charge is 0.475 e. The van der Waals surface area contributed by atoms with Gasteiger partial charge >= 0.3 is 5.97 Å². The third kappa shape index (κ3) is 7.93. The minimum atomic E-state index is -4.26. The summed E-state index contributed by atoms with van der Waals surface area (Å²) in [5.74, 6) is -0.666. The molecule has 1 aliphatic rings. The van der Waals surface area contributed by atoms with E-state index in [4.69, 9.17) is 9.47 Å². The Balaban J connectivity index is 1.81. The maximum absolute atomic E-state index is 14.1. The van der Waals surface area contributed by atoms with Crippen molar-refractivity contribution in [3.8, 4) is 17.1 Å². The Kier molecular flexibility index (Phi) is 9.97. The number of anilines is 1. The lowest BCUT2D eigenvalue weighted by atomic mass is 9.87. The van der Waals surface area contributed by atoms with Gasteiger partial charge in [-0.05, 0) is 56.6 Å². The summed E-state index contributed by atoms with van der Waals surface area (Å²) in [4.78, 5) is 36.7. The van der Waals surface area contributed by atoms with Gasteiger partial charge in [-0.1, -0.05) is 39.0 Å². The zero-order valence-corrected chi connectivity index (χ0v) is 27.3. The van der Waals surface area contributed by atoms with E-state index in [0.29, 0.717) is 38.1 Å². The second-order valence-corrected chi connectivity index (χ2v) is 13.9. The number of amides is 1. The van der Waals surface area contributed by atoms with Crippen molar-refractivity contribution in [1.29, 1.82) is 0 Å². The van der Waals surface area contributed by atoms with Gasteiger partial charge in [0.15, 0.2) is 5.03 Å². The summed E-state index contributed by atoms with van der Waals surface area (Å²) in [6.45, 7) is 12.6. The number of ether oxygens (including phenoxy) is 2. The highest BCUT2D eigenvalue weighted by Crippen LogP contribution is 2.31. The number of aromatic nitrogens is 4. The summed E-state index contributed by atoms with van der Waals surface area (Å²) in [5, 5.41) is 3.84. The van der Waals surface area contributed by atoms with Gasteiger partial charge in [0.2, 0.25) is 11.8 Å². The molecule has 0 aliphatic carbocycles. The molecule has 2 aromatic heterocycles. The zero-order valence-electron chi connectivity index (χ0n) is 26.5. The second-order valence-electron chi connectivity index (χ2n) is 12.3. The van der Waals surface area contributed by atoms with Crippen molar-refractivity contribution in [1.82, 2.24) is 24.6 Å². The van der Waals surface area contributed by atoms with E-state index in [2.05, 4.69) is 40.6 Å². The van der Waals surface area contributed by atoms with Crippen molar-refractivity contribution in [2.45, 2.75) is 78.3 Å². The summed E-state index contributed by atoms with van der Waals surface area (Å²) in [6, 6.07) is 8.40. The molecule has 12 nitrogen and oxygen atoms in total. The maximum atomic E-state index is 14.1. The first-order valence-electron chi connectivity index (χ1n) is 14.8. The Morgan fingerprint density at radius 1 is 1.14 bits per heavy atom. The van der Waals surface area contributed by atoms with Crippen LogP contribution in [-0.2, 0) is 26.6 Å². The van der Waals surface area contributed by atoms with Crippen LogP contribution in [0, 0.1) is 19.3 Å². The third-order valence-corrected chi connectivity index (χ3v) is 8.53. The molecule has 0 saturated carbocycles. The molecule has 3 heterocycles. The molecule has 0 radical (unpaired) electrons. The monoisotopic (exact) mass is 626 g/mol. The predicted octanol–water partition coefficient (Wildman–Crippen LogP) is 4.67. The van der Waals surface area contributed by atoms with E-state index in [1.165, 1.54) is 17.8 Å². The lowest BCUT2D eigenvalue weighted by Crippen LogP contribution is -2.46. The van der Waals surface area contributed by atoms with Crippen molar-refractivity contribution < 1.29 is 27.5 Å². The van der Waals surface area contributed by atoms with Crippen molar-refractivity contribution in [2.75, 3.05) is 24.5 Å². The van der Waals surface area contributed by atoms with Gasteiger partial charge in [-0.15, -0.1) is 0 Å². The molecule has 238 valence electrons. The molecule has 0 saturated heterocycles. The molecule has 0 unspecified atom stereocenters. The van der Waals surface area contributed by atoms with Crippen LogP contribution in [0.5, 0.6) is 5.88 Å². The van der Waals surface area contributed by atoms with E-state index < -0.39 is 16.1 Å². The molecule has 3 aromatic rings. The summed E-state index contributed by atoms with van der Waals surface area (Å²) in [7, 11) is -2.73. The molecular weight excluding hydrogens is 584 g/mol. The number of fused-ring (bicyclic) bond motifs is 4. The number of hydrogen-bond donors (Lipinski definition) is 1. The number of aryl methyl sites for hydroxylation is 3. The number of carbonyl (C=O) groups is 2. The summed E-state index contributed by atoms with van der Waals surface area (Å²) >= 11 is 0. The van der Waals surface area contributed by atoms with Crippen LogP contribution in [0.15, 0.2) is 35.4 Å².